The number of pyridine rings is 1. The first-order valence-electron chi connectivity index (χ1n) is 8.46. The van der Waals surface area contributed by atoms with Gasteiger partial charge in [0, 0.05) is 17.9 Å². The van der Waals surface area contributed by atoms with Gasteiger partial charge in [0.05, 0.1) is 5.70 Å². The molecule has 0 saturated carbocycles. The molecular weight excluding hydrogens is 324 g/mol. The molecule has 6 heteroatoms. The summed E-state index contributed by atoms with van der Waals surface area (Å²) >= 11 is 0. The fourth-order valence-corrected chi connectivity index (χ4v) is 3.13. The number of hydrogen-bond acceptors (Lipinski definition) is 4. The Morgan fingerprint density at radius 3 is 2.56 bits per heavy atom. The van der Waals surface area contributed by atoms with Gasteiger partial charge >= 0.3 is 0 Å². The van der Waals surface area contributed by atoms with Crippen LogP contribution in [0.25, 0.3) is 0 Å². The Hall–Kier alpha value is -1.95. The van der Waals surface area contributed by atoms with E-state index in [2.05, 4.69) is 24.1 Å². The van der Waals surface area contributed by atoms with Gasteiger partial charge in [0.2, 0.25) is 0 Å². The number of rotatable bonds is 8. The Morgan fingerprint density at radius 1 is 1.32 bits per heavy atom. The van der Waals surface area contributed by atoms with Crippen LogP contribution >= 0.6 is 0 Å². The van der Waals surface area contributed by atoms with Crippen molar-refractivity contribution in [2.75, 3.05) is 20.0 Å². The molecule has 1 aromatic rings. The van der Waals surface area contributed by atoms with Crippen LogP contribution in [0.1, 0.15) is 32.8 Å². The summed E-state index contributed by atoms with van der Waals surface area (Å²) in [5, 5.41) is 2.96. The van der Waals surface area contributed by atoms with Gasteiger partial charge in [-0.15, -0.1) is 0 Å². The van der Waals surface area contributed by atoms with E-state index in [4.69, 9.17) is 10.5 Å². The highest BCUT2D eigenvalue weighted by Crippen LogP contribution is 2.30. The molecule has 0 amide bonds. The van der Waals surface area contributed by atoms with Crippen LogP contribution in [0, 0.1) is 5.92 Å². The SMILES string of the molecule is CC(C)C[C@](C)(N)COC1=C(CF)NC(CF)(c2ccncc2)C=C1. The zero-order valence-corrected chi connectivity index (χ0v) is 15.1. The van der Waals surface area contributed by atoms with Gasteiger partial charge in [0.1, 0.15) is 31.3 Å². The lowest BCUT2D eigenvalue weighted by Gasteiger charge is -2.35. The predicted octanol–water partition coefficient (Wildman–Crippen LogP) is 3.37. The molecule has 2 heterocycles. The molecule has 0 spiro atoms. The largest absolute Gasteiger partial charge is 0.490 e. The second-order valence-corrected chi connectivity index (χ2v) is 7.32. The van der Waals surface area contributed by atoms with E-state index in [1.807, 2.05) is 6.92 Å². The Labute approximate surface area is 148 Å². The Bertz CT molecular complexity index is 629. The van der Waals surface area contributed by atoms with Crippen LogP contribution in [0.2, 0.25) is 0 Å². The van der Waals surface area contributed by atoms with Gasteiger partial charge < -0.3 is 15.8 Å². The molecular formula is C19H27F2N3O. The van der Waals surface area contributed by atoms with E-state index in [1.165, 1.54) is 0 Å². The maximum Gasteiger partial charge on any atom is 0.140 e. The zero-order chi connectivity index (χ0) is 18.5. The second kappa shape index (κ2) is 7.95. The molecule has 4 nitrogen and oxygen atoms in total. The molecule has 1 unspecified atom stereocenters. The molecule has 2 rings (SSSR count). The van der Waals surface area contributed by atoms with Crippen LogP contribution in [0.5, 0.6) is 0 Å². The highest BCUT2D eigenvalue weighted by Gasteiger charge is 2.34. The van der Waals surface area contributed by atoms with Crippen molar-refractivity contribution in [1.29, 1.82) is 0 Å². The van der Waals surface area contributed by atoms with Crippen LogP contribution in [0.15, 0.2) is 48.1 Å². The number of ether oxygens (including phenoxy) is 1. The first-order chi connectivity index (χ1) is 11.8. The number of halogens is 2. The first-order valence-corrected chi connectivity index (χ1v) is 8.46. The molecule has 2 atom stereocenters. The molecule has 1 aromatic heterocycles. The average Bonchev–Trinajstić information content (AvgIpc) is 2.59. The van der Waals surface area contributed by atoms with E-state index < -0.39 is 24.4 Å². The third kappa shape index (κ3) is 4.78. The van der Waals surface area contributed by atoms with Gasteiger partial charge in [-0.05, 0) is 49.1 Å². The van der Waals surface area contributed by atoms with Gasteiger partial charge in [-0.3, -0.25) is 4.98 Å². The van der Waals surface area contributed by atoms with Gasteiger partial charge in [0.25, 0.3) is 0 Å². The van der Waals surface area contributed by atoms with Crippen LogP contribution in [0.4, 0.5) is 8.78 Å². The number of nitrogens with two attached hydrogens (primary N) is 1. The van der Waals surface area contributed by atoms with E-state index in [0.29, 0.717) is 17.2 Å². The van der Waals surface area contributed by atoms with E-state index >= 15 is 0 Å². The molecule has 1 aliphatic heterocycles. The molecule has 25 heavy (non-hydrogen) atoms. The fourth-order valence-electron chi connectivity index (χ4n) is 3.13. The summed E-state index contributed by atoms with van der Waals surface area (Å²) in [7, 11) is 0. The summed E-state index contributed by atoms with van der Waals surface area (Å²) in [4.78, 5) is 3.94. The summed E-state index contributed by atoms with van der Waals surface area (Å²) in [5.74, 6) is 0.792. The van der Waals surface area contributed by atoms with Crippen molar-refractivity contribution < 1.29 is 13.5 Å². The van der Waals surface area contributed by atoms with Gasteiger partial charge in [-0.25, -0.2) is 8.78 Å². The number of allylic oxidation sites excluding steroid dienone is 2. The van der Waals surface area contributed by atoms with Crippen LogP contribution < -0.4 is 11.1 Å². The average molecular weight is 351 g/mol. The minimum absolute atomic E-state index is 0.220. The summed E-state index contributed by atoms with van der Waals surface area (Å²) in [6, 6.07) is 3.41. The number of nitrogens with zero attached hydrogens (tertiary/aromatic N) is 1. The second-order valence-electron chi connectivity index (χ2n) is 7.32. The number of hydrogen-bond donors (Lipinski definition) is 2. The van der Waals surface area contributed by atoms with Crippen LogP contribution in [-0.4, -0.2) is 30.5 Å². The smallest absolute Gasteiger partial charge is 0.140 e. The van der Waals surface area contributed by atoms with Crippen molar-refractivity contribution in [3.8, 4) is 0 Å². The monoisotopic (exact) mass is 351 g/mol. The van der Waals surface area contributed by atoms with Crippen molar-refractivity contribution in [3.05, 3.63) is 53.7 Å². The fraction of sp³-hybridized carbons (Fsp3) is 0.526. The molecule has 0 aromatic carbocycles. The summed E-state index contributed by atoms with van der Waals surface area (Å²) in [6.07, 6.45) is 7.23. The molecule has 138 valence electrons. The molecule has 1 aliphatic rings. The standard InChI is InChI=1S/C19H27F2N3O/c1-14(2)10-18(3,22)13-25-17-4-7-19(12-21,24-16(17)11-20)15-5-8-23-9-6-15/h4-9,14,24H,10-13,22H2,1-3H3/t18-,19?/m0/s1. The summed E-state index contributed by atoms with van der Waals surface area (Å²) < 4.78 is 33.1. The number of nitrogens with one attached hydrogen (secondary N) is 1. The maximum atomic E-state index is 13.8. The minimum Gasteiger partial charge on any atom is -0.490 e. The number of alkyl halides is 2. The lowest BCUT2D eigenvalue weighted by atomic mass is 9.88. The third-order valence-corrected chi connectivity index (χ3v) is 4.16. The topological polar surface area (TPSA) is 60.2 Å². The lowest BCUT2D eigenvalue weighted by molar-refractivity contribution is 0.138. The van der Waals surface area contributed by atoms with Gasteiger partial charge in [-0.1, -0.05) is 13.8 Å². The minimum atomic E-state index is -1.11. The van der Waals surface area contributed by atoms with Crippen molar-refractivity contribution in [3.63, 3.8) is 0 Å². The Kier molecular flexibility index (Phi) is 6.16. The van der Waals surface area contributed by atoms with Crippen molar-refractivity contribution in [2.24, 2.45) is 11.7 Å². The predicted molar refractivity (Wildman–Crippen MR) is 95.2 cm³/mol. The Balaban J connectivity index is 2.16. The Morgan fingerprint density at radius 2 is 2.00 bits per heavy atom. The van der Waals surface area contributed by atoms with Crippen molar-refractivity contribution in [2.45, 2.75) is 38.3 Å². The quantitative estimate of drug-likeness (QED) is 0.754. The van der Waals surface area contributed by atoms with E-state index in [-0.39, 0.29) is 12.3 Å². The number of dihydropyridines is 1. The van der Waals surface area contributed by atoms with E-state index in [9.17, 15) is 8.78 Å². The molecule has 0 radical (unpaired) electrons. The van der Waals surface area contributed by atoms with Gasteiger partial charge in [-0.2, -0.15) is 0 Å². The van der Waals surface area contributed by atoms with E-state index in [1.54, 1.807) is 36.7 Å². The molecule has 3 N–H and O–H groups in total. The van der Waals surface area contributed by atoms with Crippen molar-refractivity contribution >= 4 is 0 Å². The molecule has 0 aliphatic carbocycles. The van der Waals surface area contributed by atoms with Crippen molar-refractivity contribution in [1.82, 2.24) is 10.3 Å². The highest BCUT2D eigenvalue weighted by atomic mass is 19.1. The molecule has 0 saturated heterocycles. The third-order valence-electron chi connectivity index (χ3n) is 4.16. The zero-order valence-electron chi connectivity index (χ0n) is 15.1. The number of aromatic nitrogens is 1. The maximum absolute atomic E-state index is 13.8. The van der Waals surface area contributed by atoms with Gasteiger partial charge in [0.15, 0.2) is 0 Å². The summed E-state index contributed by atoms with van der Waals surface area (Å²) in [5.41, 5.74) is 5.51. The van der Waals surface area contributed by atoms with Crippen LogP contribution in [0.3, 0.4) is 0 Å². The normalized spacial score (nSPS) is 22.7. The van der Waals surface area contributed by atoms with E-state index in [0.717, 1.165) is 6.42 Å². The molecule has 0 bridgehead atoms. The van der Waals surface area contributed by atoms with Crippen LogP contribution in [-0.2, 0) is 10.3 Å². The summed E-state index contributed by atoms with van der Waals surface area (Å²) in [6.45, 7) is 4.84. The first kappa shape index (κ1) is 19.4. The lowest BCUT2D eigenvalue weighted by Crippen LogP contribution is -2.46. The highest BCUT2D eigenvalue weighted by molar-refractivity contribution is 5.38. The molecule has 0 fully saturated rings.